The van der Waals surface area contributed by atoms with Crippen LogP contribution in [-0.2, 0) is 21.4 Å². The zero-order valence-electron chi connectivity index (χ0n) is 17.1. The van der Waals surface area contributed by atoms with Gasteiger partial charge in [-0.1, -0.05) is 43.2 Å². The van der Waals surface area contributed by atoms with Crippen LogP contribution in [0.5, 0.6) is 0 Å². The fourth-order valence-electron chi connectivity index (χ4n) is 3.43. The summed E-state index contributed by atoms with van der Waals surface area (Å²) in [6.07, 6.45) is 6.73. The van der Waals surface area contributed by atoms with Gasteiger partial charge in [-0.3, -0.25) is 14.9 Å². The van der Waals surface area contributed by atoms with Crippen LogP contribution in [0.4, 0.5) is 5.69 Å². The SMILES string of the molecule is O=C(C=Cc1ccc(S(=O)(=O)N2CCCCCC2)cc1)NCc1ccccc1[N+](=O)[O-]. The first-order chi connectivity index (χ1) is 14.9. The number of nitro benzene ring substituents is 1. The third-order valence-corrected chi connectivity index (χ3v) is 7.06. The van der Waals surface area contributed by atoms with Gasteiger partial charge in [-0.25, -0.2) is 8.42 Å². The number of carbonyl (C=O) groups excluding carboxylic acids is 1. The van der Waals surface area contributed by atoms with Crippen LogP contribution in [0.2, 0.25) is 0 Å². The van der Waals surface area contributed by atoms with E-state index in [1.165, 1.54) is 12.1 Å². The van der Waals surface area contributed by atoms with E-state index in [-0.39, 0.29) is 17.1 Å². The highest BCUT2D eigenvalue weighted by atomic mass is 32.2. The summed E-state index contributed by atoms with van der Waals surface area (Å²) in [5.74, 6) is -0.403. The number of nitrogens with one attached hydrogen (secondary N) is 1. The van der Waals surface area contributed by atoms with E-state index in [9.17, 15) is 23.3 Å². The van der Waals surface area contributed by atoms with Crippen molar-refractivity contribution in [2.24, 2.45) is 0 Å². The fourth-order valence-corrected chi connectivity index (χ4v) is 4.95. The van der Waals surface area contributed by atoms with Crippen LogP contribution in [0.15, 0.2) is 59.5 Å². The van der Waals surface area contributed by atoms with Crippen molar-refractivity contribution in [2.75, 3.05) is 13.1 Å². The highest BCUT2D eigenvalue weighted by Crippen LogP contribution is 2.21. The largest absolute Gasteiger partial charge is 0.348 e. The van der Waals surface area contributed by atoms with E-state index in [4.69, 9.17) is 0 Å². The topological polar surface area (TPSA) is 110 Å². The van der Waals surface area contributed by atoms with Crippen molar-refractivity contribution >= 4 is 27.7 Å². The molecule has 0 aliphatic carbocycles. The minimum Gasteiger partial charge on any atom is -0.348 e. The minimum absolute atomic E-state index is 0.0351. The van der Waals surface area contributed by atoms with Crippen LogP contribution in [-0.4, -0.2) is 36.6 Å². The maximum absolute atomic E-state index is 12.8. The van der Waals surface area contributed by atoms with Crippen LogP contribution < -0.4 is 5.32 Å². The lowest BCUT2D eigenvalue weighted by molar-refractivity contribution is -0.385. The number of hydrogen-bond acceptors (Lipinski definition) is 5. The molecule has 164 valence electrons. The van der Waals surface area contributed by atoms with Gasteiger partial charge in [0.1, 0.15) is 0 Å². The Morgan fingerprint density at radius 3 is 2.32 bits per heavy atom. The zero-order valence-corrected chi connectivity index (χ0v) is 17.9. The molecule has 0 aromatic heterocycles. The van der Waals surface area contributed by atoms with Crippen LogP contribution in [0, 0.1) is 10.1 Å². The van der Waals surface area contributed by atoms with Gasteiger partial charge < -0.3 is 5.32 Å². The van der Waals surface area contributed by atoms with Gasteiger partial charge in [0.2, 0.25) is 15.9 Å². The van der Waals surface area contributed by atoms with Gasteiger partial charge >= 0.3 is 0 Å². The molecule has 1 N–H and O–H groups in total. The maximum Gasteiger partial charge on any atom is 0.274 e. The van der Waals surface area contributed by atoms with E-state index in [2.05, 4.69) is 5.32 Å². The summed E-state index contributed by atoms with van der Waals surface area (Å²) in [5.41, 5.74) is 1.04. The average Bonchev–Trinajstić information content (AvgIpc) is 3.07. The Labute approximate surface area is 181 Å². The molecule has 0 bridgehead atoms. The molecule has 3 rings (SSSR count). The quantitative estimate of drug-likeness (QED) is 0.400. The average molecular weight is 444 g/mol. The molecule has 2 aromatic carbocycles. The second-order valence-electron chi connectivity index (χ2n) is 7.32. The van der Waals surface area contributed by atoms with Gasteiger partial charge in [-0.2, -0.15) is 4.31 Å². The number of hydrogen-bond donors (Lipinski definition) is 1. The van der Waals surface area contributed by atoms with E-state index in [0.717, 1.165) is 25.7 Å². The molecule has 1 fully saturated rings. The predicted octanol–water partition coefficient (Wildman–Crippen LogP) is 3.49. The zero-order chi connectivity index (χ0) is 22.3. The standard InChI is InChI=1S/C22H25N3O5S/c26-22(23-17-19-7-3-4-8-21(19)25(27)28)14-11-18-9-12-20(13-10-18)31(29,30)24-15-5-1-2-6-16-24/h3-4,7-14H,1-2,5-6,15-17H2,(H,23,26). The van der Waals surface area contributed by atoms with E-state index >= 15 is 0 Å². The number of sulfonamides is 1. The molecule has 1 aliphatic heterocycles. The molecular formula is C22H25N3O5S. The van der Waals surface area contributed by atoms with E-state index in [1.807, 2.05) is 0 Å². The summed E-state index contributed by atoms with van der Waals surface area (Å²) in [4.78, 5) is 22.8. The summed E-state index contributed by atoms with van der Waals surface area (Å²) < 4.78 is 27.2. The molecule has 0 radical (unpaired) electrons. The molecule has 0 atom stereocenters. The number of nitrogens with zero attached hydrogens (tertiary/aromatic N) is 2. The van der Waals surface area contributed by atoms with Crippen LogP contribution in [0.1, 0.15) is 36.8 Å². The first kappa shape index (κ1) is 22.6. The predicted molar refractivity (Wildman–Crippen MR) is 118 cm³/mol. The van der Waals surface area contributed by atoms with Crippen molar-refractivity contribution in [3.63, 3.8) is 0 Å². The van der Waals surface area contributed by atoms with Gasteiger partial charge in [0.25, 0.3) is 5.69 Å². The highest BCUT2D eigenvalue weighted by Gasteiger charge is 2.24. The van der Waals surface area contributed by atoms with Crippen LogP contribution in [0.25, 0.3) is 6.08 Å². The molecule has 1 saturated heterocycles. The Balaban J connectivity index is 1.60. The Morgan fingerprint density at radius 1 is 1.03 bits per heavy atom. The van der Waals surface area contributed by atoms with Crippen LogP contribution in [0.3, 0.4) is 0 Å². The Morgan fingerprint density at radius 2 is 1.68 bits per heavy atom. The number of nitro groups is 1. The lowest BCUT2D eigenvalue weighted by atomic mass is 10.2. The molecule has 1 aliphatic rings. The van der Waals surface area contributed by atoms with Gasteiger partial charge in [0, 0.05) is 37.3 Å². The monoisotopic (exact) mass is 443 g/mol. The number of amides is 1. The van der Waals surface area contributed by atoms with Gasteiger partial charge in [0.15, 0.2) is 0 Å². The fraction of sp³-hybridized carbons (Fsp3) is 0.318. The third-order valence-electron chi connectivity index (χ3n) is 5.15. The molecule has 31 heavy (non-hydrogen) atoms. The van der Waals surface area contributed by atoms with Crippen molar-refractivity contribution < 1.29 is 18.1 Å². The Hall–Kier alpha value is -3.04. The Kier molecular flexibility index (Phi) is 7.54. The molecule has 0 spiro atoms. The summed E-state index contributed by atoms with van der Waals surface area (Å²) in [6.45, 7) is 1.13. The van der Waals surface area contributed by atoms with E-state index < -0.39 is 20.9 Å². The minimum atomic E-state index is -3.51. The molecular weight excluding hydrogens is 418 g/mol. The highest BCUT2D eigenvalue weighted by molar-refractivity contribution is 7.89. The van der Waals surface area contributed by atoms with Gasteiger partial charge in [-0.15, -0.1) is 0 Å². The van der Waals surface area contributed by atoms with Crippen LogP contribution >= 0.6 is 0 Å². The van der Waals surface area contributed by atoms with Crippen molar-refractivity contribution in [1.82, 2.24) is 9.62 Å². The van der Waals surface area contributed by atoms with Crippen molar-refractivity contribution in [3.8, 4) is 0 Å². The molecule has 8 nitrogen and oxygen atoms in total. The lowest BCUT2D eigenvalue weighted by Gasteiger charge is -2.19. The normalized spacial score (nSPS) is 15.5. The second-order valence-corrected chi connectivity index (χ2v) is 9.26. The van der Waals surface area contributed by atoms with Crippen molar-refractivity contribution in [1.29, 1.82) is 0 Å². The molecule has 9 heteroatoms. The number of para-hydroxylation sites is 1. The van der Waals surface area contributed by atoms with Gasteiger partial charge in [-0.05, 0) is 36.6 Å². The maximum atomic E-state index is 12.8. The number of carbonyl (C=O) groups is 1. The third kappa shape index (κ3) is 5.99. The smallest absolute Gasteiger partial charge is 0.274 e. The molecule has 0 saturated carbocycles. The Bertz CT molecular complexity index is 1060. The van der Waals surface area contributed by atoms with Gasteiger partial charge in [0.05, 0.1) is 9.82 Å². The first-order valence-corrected chi connectivity index (χ1v) is 11.6. The summed E-state index contributed by atoms with van der Waals surface area (Å²) >= 11 is 0. The number of benzene rings is 2. The van der Waals surface area contributed by atoms with E-state index in [0.29, 0.717) is 24.2 Å². The first-order valence-electron chi connectivity index (χ1n) is 10.2. The van der Waals surface area contributed by atoms with Crippen molar-refractivity contribution in [3.05, 3.63) is 75.8 Å². The number of rotatable bonds is 7. The molecule has 0 unspecified atom stereocenters. The van der Waals surface area contributed by atoms with Crippen molar-refractivity contribution in [2.45, 2.75) is 37.1 Å². The molecule has 2 aromatic rings. The summed E-state index contributed by atoms with van der Waals surface area (Å²) in [7, 11) is -3.51. The summed E-state index contributed by atoms with van der Waals surface area (Å²) in [6, 6.07) is 12.6. The second kappa shape index (κ2) is 10.3. The molecule has 1 amide bonds. The summed E-state index contributed by atoms with van der Waals surface area (Å²) in [5, 5.41) is 13.6. The molecule has 1 heterocycles. The van der Waals surface area contributed by atoms with E-state index in [1.54, 1.807) is 52.8 Å². The lowest BCUT2D eigenvalue weighted by Crippen LogP contribution is -2.31.